The first-order valence-electron chi connectivity index (χ1n) is 7.25. The molecule has 4 unspecified atom stereocenters. The van der Waals surface area contributed by atoms with E-state index in [1.807, 2.05) is 6.07 Å². The van der Waals surface area contributed by atoms with Crippen molar-refractivity contribution >= 4 is 10.8 Å². The summed E-state index contributed by atoms with van der Waals surface area (Å²) in [6.45, 7) is 9.53. The van der Waals surface area contributed by atoms with Gasteiger partial charge in [-0.1, -0.05) is 31.5 Å². The summed E-state index contributed by atoms with van der Waals surface area (Å²) >= 11 is 0. The second-order valence-corrected chi connectivity index (χ2v) is 7.35. The predicted octanol–water partition coefficient (Wildman–Crippen LogP) is 3.19. The molecule has 106 valence electrons. The van der Waals surface area contributed by atoms with Crippen LogP contribution in [-0.4, -0.2) is 22.0 Å². The molecule has 1 aromatic rings. The van der Waals surface area contributed by atoms with Crippen molar-refractivity contribution in [2.24, 2.45) is 5.92 Å². The minimum Gasteiger partial charge on any atom is -0.314 e. The van der Waals surface area contributed by atoms with Crippen LogP contribution in [0.5, 0.6) is 0 Å². The topological polar surface area (TPSA) is 29.1 Å². The molecule has 0 aromatic heterocycles. The minimum atomic E-state index is -0.873. The third-order valence-electron chi connectivity index (χ3n) is 4.27. The second kappa shape index (κ2) is 6.19. The van der Waals surface area contributed by atoms with Crippen LogP contribution in [0, 0.1) is 19.8 Å². The fraction of sp³-hybridized carbons (Fsp3) is 0.625. The predicted molar refractivity (Wildman–Crippen MR) is 82.0 cm³/mol. The van der Waals surface area contributed by atoms with Gasteiger partial charge in [-0.15, -0.1) is 0 Å². The fourth-order valence-corrected chi connectivity index (χ4v) is 5.00. The Labute approximate surface area is 119 Å². The third-order valence-corrected chi connectivity index (χ3v) is 6.38. The van der Waals surface area contributed by atoms with Crippen molar-refractivity contribution in [1.82, 2.24) is 5.32 Å². The van der Waals surface area contributed by atoms with Crippen LogP contribution in [-0.2, 0) is 10.8 Å². The molecule has 4 atom stereocenters. The van der Waals surface area contributed by atoms with Crippen molar-refractivity contribution in [3.8, 4) is 0 Å². The number of hydrogen-bond donors (Lipinski definition) is 1. The largest absolute Gasteiger partial charge is 0.314 e. The molecule has 1 N–H and O–H groups in total. The molecule has 2 nitrogen and oxygen atoms in total. The molecule has 2 rings (SSSR count). The van der Waals surface area contributed by atoms with Crippen molar-refractivity contribution in [3.63, 3.8) is 0 Å². The van der Waals surface area contributed by atoms with E-state index in [2.05, 4.69) is 45.1 Å². The summed E-state index contributed by atoms with van der Waals surface area (Å²) in [5.74, 6) is 0.487. The first-order chi connectivity index (χ1) is 9.04. The molecule has 1 fully saturated rings. The molecule has 1 aliphatic carbocycles. The standard InChI is InChI=1S/C16H25NOS/c1-5-17-14-7-9-16(13(14)4)19(18)15-8-6-11(2)10-12(15)3/h6,8,10,13-14,16-17H,5,7,9H2,1-4H3. The van der Waals surface area contributed by atoms with Crippen LogP contribution in [0.2, 0.25) is 0 Å². The number of aryl methyl sites for hydroxylation is 2. The molecule has 0 aliphatic heterocycles. The highest BCUT2D eigenvalue weighted by Crippen LogP contribution is 2.33. The van der Waals surface area contributed by atoms with Crippen molar-refractivity contribution in [3.05, 3.63) is 29.3 Å². The lowest BCUT2D eigenvalue weighted by Gasteiger charge is -2.21. The smallest absolute Gasteiger partial charge is 0.0566 e. The second-order valence-electron chi connectivity index (χ2n) is 5.71. The van der Waals surface area contributed by atoms with E-state index < -0.39 is 10.8 Å². The van der Waals surface area contributed by atoms with Gasteiger partial charge >= 0.3 is 0 Å². The highest BCUT2D eigenvalue weighted by molar-refractivity contribution is 7.85. The maximum Gasteiger partial charge on any atom is 0.0566 e. The normalized spacial score (nSPS) is 28.5. The van der Waals surface area contributed by atoms with Gasteiger partial charge in [0.1, 0.15) is 0 Å². The summed E-state index contributed by atoms with van der Waals surface area (Å²) in [7, 11) is -0.873. The van der Waals surface area contributed by atoms with Crippen LogP contribution < -0.4 is 5.32 Å². The van der Waals surface area contributed by atoms with Gasteiger partial charge in [0.25, 0.3) is 0 Å². The molecule has 1 saturated carbocycles. The van der Waals surface area contributed by atoms with E-state index >= 15 is 0 Å². The van der Waals surface area contributed by atoms with Gasteiger partial charge < -0.3 is 5.32 Å². The lowest BCUT2D eigenvalue weighted by molar-refractivity contribution is 0.438. The van der Waals surface area contributed by atoms with Crippen LogP contribution in [0.15, 0.2) is 23.1 Å². The van der Waals surface area contributed by atoms with E-state index in [1.165, 1.54) is 5.56 Å². The summed E-state index contributed by atoms with van der Waals surface area (Å²) < 4.78 is 12.8. The molecule has 0 saturated heterocycles. The van der Waals surface area contributed by atoms with Crippen molar-refractivity contribution < 1.29 is 4.21 Å². The maximum absolute atomic E-state index is 12.8. The summed E-state index contributed by atoms with van der Waals surface area (Å²) in [5, 5.41) is 3.82. The Balaban J connectivity index is 2.16. The van der Waals surface area contributed by atoms with Crippen LogP contribution in [0.3, 0.4) is 0 Å². The monoisotopic (exact) mass is 279 g/mol. The van der Waals surface area contributed by atoms with Gasteiger partial charge in [0.15, 0.2) is 0 Å². The average Bonchev–Trinajstić information content (AvgIpc) is 2.71. The van der Waals surface area contributed by atoms with Crippen molar-refractivity contribution in [2.45, 2.75) is 56.7 Å². The lowest BCUT2D eigenvalue weighted by Crippen LogP contribution is -2.34. The van der Waals surface area contributed by atoms with E-state index in [0.717, 1.165) is 29.8 Å². The Morgan fingerprint density at radius 2 is 2.05 bits per heavy atom. The zero-order chi connectivity index (χ0) is 14.0. The Morgan fingerprint density at radius 1 is 1.32 bits per heavy atom. The number of hydrogen-bond acceptors (Lipinski definition) is 2. The van der Waals surface area contributed by atoms with Gasteiger partial charge in [0.05, 0.1) is 10.8 Å². The Kier molecular flexibility index (Phi) is 4.80. The van der Waals surface area contributed by atoms with Gasteiger partial charge in [-0.05, 0) is 50.8 Å². The molecule has 0 heterocycles. The average molecular weight is 279 g/mol. The van der Waals surface area contributed by atoms with Crippen molar-refractivity contribution in [2.75, 3.05) is 6.54 Å². The first kappa shape index (κ1) is 14.7. The molecular formula is C16H25NOS. The van der Waals surface area contributed by atoms with E-state index in [9.17, 15) is 4.21 Å². The van der Waals surface area contributed by atoms with Crippen LogP contribution in [0.25, 0.3) is 0 Å². The minimum absolute atomic E-state index is 0.297. The Hall–Kier alpha value is -0.670. The zero-order valence-corrected chi connectivity index (χ0v) is 13.2. The molecule has 1 aliphatic rings. The van der Waals surface area contributed by atoms with Crippen LogP contribution in [0.1, 0.15) is 37.8 Å². The highest BCUT2D eigenvalue weighted by atomic mass is 32.2. The van der Waals surface area contributed by atoms with Gasteiger partial charge in [0.2, 0.25) is 0 Å². The summed E-state index contributed by atoms with van der Waals surface area (Å²) in [6.07, 6.45) is 2.22. The molecular weight excluding hydrogens is 254 g/mol. The Morgan fingerprint density at radius 3 is 2.68 bits per heavy atom. The number of benzene rings is 1. The fourth-order valence-electron chi connectivity index (χ4n) is 3.17. The SMILES string of the molecule is CCNC1CCC(S(=O)c2ccc(C)cc2C)C1C. The van der Waals surface area contributed by atoms with E-state index in [-0.39, 0.29) is 0 Å². The highest BCUT2D eigenvalue weighted by Gasteiger charge is 2.36. The number of nitrogens with one attached hydrogen (secondary N) is 1. The van der Waals surface area contributed by atoms with Gasteiger partial charge in [0, 0.05) is 16.2 Å². The lowest BCUT2D eigenvalue weighted by atomic mass is 10.1. The van der Waals surface area contributed by atoms with Gasteiger partial charge in [-0.25, -0.2) is 0 Å². The molecule has 19 heavy (non-hydrogen) atoms. The van der Waals surface area contributed by atoms with Gasteiger partial charge in [-0.3, -0.25) is 4.21 Å². The summed E-state index contributed by atoms with van der Waals surface area (Å²) in [4.78, 5) is 1.03. The molecule has 0 amide bonds. The molecule has 1 aromatic carbocycles. The summed E-state index contributed by atoms with van der Waals surface area (Å²) in [6, 6.07) is 6.79. The molecule has 3 heteroatoms. The third kappa shape index (κ3) is 3.09. The number of rotatable bonds is 4. The quantitative estimate of drug-likeness (QED) is 0.917. The van der Waals surface area contributed by atoms with E-state index in [1.54, 1.807) is 0 Å². The molecule has 0 radical (unpaired) electrons. The first-order valence-corrected chi connectivity index (χ1v) is 8.47. The van der Waals surface area contributed by atoms with Crippen molar-refractivity contribution in [1.29, 1.82) is 0 Å². The van der Waals surface area contributed by atoms with E-state index in [0.29, 0.717) is 17.2 Å². The van der Waals surface area contributed by atoms with Crippen LogP contribution >= 0.6 is 0 Å². The molecule has 0 bridgehead atoms. The zero-order valence-electron chi connectivity index (χ0n) is 12.4. The molecule has 0 spiro atoms. The maximum atomic E-state index is 12.8. The summed E-state index contributed by atoms with van der Waals surface area (Å²) in [5.41, 5.74) is 2.40. The van der Waals surface area contributed by atoms with E-state index in [4.69, 9.17) is 0 Å². The van der Waals surface area contributed by atoms with Gasteiger partial charge in [-0.2, -0.15) is 0 Å². The van der Waals surface area contributed by atoms with Crippen LogP contribution in [0.4, 0.5) is 0 Å². The Bertz CT molecular complexity index is 472.